The Kier molecular flexibility index (Phi) is 3.43. The van der Waals surface area contributed by atoms with Crippen LogP contribution < -0.4 is 4.74 Å². The third-order valence-corrected chi connectivity index (χ3v) is 3.60. The van der Waals surface area contributed by atoms with Crippen LogP contribution >= 0.6 is 15.9 Å². The predicted molar refractivity (Wildman–Crippen MR) is 73.8 cm³/mol. The van der Waals surface area contributed by atoms with Crippen LogP contribution in [0.4, 0.5) is 0 Å². The van der Waals surface area contributed by atoms with Crippen LogP contribution in [0.5, 0.6) is 6.01 Å². The number of nitrogens with zero attached hydrogens (tertiary/aromatic N) is 3. The molecule has 0 aliphatic carbocycles. The number of aromatic nitrogens is 2. The largest absolute Gasteiger partial charge is 0.462 e. The highest BCUT2D eigenvalue weighted by Gasteiger charge is 2.13. The molecule has 1 saturated heterocycles. The van der Waals surface area contributed by atoms with Gasteiger partial charge in [0.2, 0.25) is 0 Å². The van der Waals surface area contributed by atoms with E-state index in [0.717, 1.165) is 21.9 Å². The first-order valence-electron chi connectivity index (χ1n) is 6.09. The second kappa shape index (κ2) is 5.20. The Morgan fingerprint density at radius 2 is 2.22 bits per heavy atom. The predicted octanol–water partition coefficient (Wildman–Crippen LogP) is 2.48. The fourth-order valence-electron chi connectivity index (χ4n) is 1.93. The standard InChI is InChI=1S/C13H14BrN3O/c14-11-2-3-12-10(8-11)9-15-13(16-12)18-7-6-17-4-1-5-17/h2-3,8-9H,1,4-7H2. The average Bonchev–Trinajstić information content (AvgIpc) is 2.32. The molecular formula is C13H14BrN3O. The van der Waals surface area contributed by atoms with E-state index in [1.807, 2.05) is 18.2 Å². The minimum atomic E-state index is 0.463. The molecule has 1 fully saturated rings. The van der Waals surface area contributed by atoms with Crippen molar-refractivity contribution < 1.29 is 4.74 Å². The number of rotatable bonds is 4. The fourth-order valence-corrected chi connectivity index (χ4v) is 2.31. The number of ether oxygens (including phenoxy) is 1. The van der Waals surface area contributed by atoms with Gasteiger partial charge in [0.15, 0.2) is 0 Å². The molecule has 0 atom stereocenters. The lowest BCUT2D eigenvalue weighted by atomic mass is 10.2. The maximum Gasteiger partial charge on any atom is 0.316 e. The van der Waals surface area contributed by atoms with Gasteiger partial charge in [0.05, 0.1) is 5.52 Å². The van der Waals surface area contributed by atoms with Gasteiger partial charge in [0.25, 0.3) is 0 Å². The monoisotopic (exact) mass is 307 g/mol. The van der Waals surface area contributed by atoms with Crippen molar-refractivity contribution in [3.8, 4) is 6.01 Å². The summed E-state index contributed by atoms with van der Waals surface area (Å²) in [6.45, 7) is 4.00. The van der Waals surface area contributed by atoms with E-state index in [1.165, 1.54) is 19.5 Å². The Balaban J connectivity index is 1.66. The van der Waals surface area contributed by atoms with Crippen LogP contribution in [0.25, 0.3) is 10.9 Å². The van der Waals surface area contributed by atoms with Gasteiger partial charge in [-0.1, -0.05) is 15.9 Å². The van der Waals surface area contributed by atoms with Crippen LogP contribution in [-0.4, -0.2) is 41.1 Å². The van der Waals surface area contributed by atoms with E-state index in [0.29, 0.717) is 12.6 Å². The zero-order valence-corrected chi connectivity index (χ0v) is 11.6. The van der Waals surface area contributed by atoms with Crippen molar-refractivity contribution in [2.75, 3.05) is 26.2 Å². The number of likely N-dealkylation sites (tertiary alicyclic amines) is 1. The summed E-state index contributed by atoms with van der Waals surface area (Å²) in [6, 6.07) is 6.40. The van der Waals surface area contributed by atoms with Crippen molar-refractivity contribution in [1.29, 1.82) is 0 Å². The first-order valence-corrected chi connectivity index (χ1v) is 6.88. The van der Waals surface area contributed by atoms with Crippen LogP contribution in [0, 0.1) is 0 Å². The Morgan fingerprint density at radius 3 is 3.00 bits per heavy atom. The van der Waals surface area contributed by atoms with Crippen molar-refractivity contribution in [1.82, 2.24) is 14.9 Å². The molecule has 0 radical (unpaired) electrons. The highest BCUT2D eigenvalue weighted by atomic mass is 79.9. The molecule has 2 heterocycles. The number of benzene rings is 1. The molecule has 0 saturated carbocycles. The molecule has 4 nitrogen and oxygen atoms in total. The van der Waals surface area contributed by atoms with E-state index in [2.05, 4.69) is 30.8 Å². The summed E-state index contributed by atoms with van der Waals surface area (Å²) >= 11 is 3.43. The summed E-state index contributed by atoms with van der Waals surface area (Å²) < 4.78 is 6.61. The highest BCUT2D eigenvalue weighted by molar-refractivity contribution is 9.10. The van der Waals surface area contributed by atoms with Gasteiger partial charge in [0.1, 0.15) is 6.61 Å². The zero-order chi connectivity index (χ0) is 12.4. The molecule has 0 bridgehead atoms. The van der Waals surface area contributed by atoms with Gasteiger partial charge in [0, 0.05) is 22.6 Å². The first-order chi connectivity index (χ1) is 8.81. The molecule has 94 valence electrons. The maximum absolute atomic E-state index is 5.58. The summed E-state index contributed by atoms with van der Waals surface area (Å²) in [4.78, 5) is 11.0. The Hall–Kier alpha value is -1.20. The van der Waals surface area contributed by atoms with Crippen molar-refractivity contribution in [3.05, 3.63) is 28.9 Å². The molecule has 1 aliphatic heterocycles. The lowest BCUT2D eigenvalue weighted by molar-refractivity contribution is 0.143. The summed E-state index contributed by atoms with van der Waals surface area (Å²) in [5.41, 5.74) is 0.909. The van der Waals surface area contributed by atoms with Gasteiger partial charge in [-0.3, -0.25) is 4.90 Å². The molecule has 5 heteroatoms. The smallest absolute Gasteiger partial charge is 0.316 e. The van der Waals surface area contributed by atoms with Crippen LogP contribution in [0.2, 0.25) is 0 Å². The van der Waals surface area contributed by atoms with Crippen LogP contribution in [0.1, 0.15) is 6.42 Å². The lowest BCUT2D eigenvalue weighted by Gasteiger charge is -2.30. The average molecular weight is 308 g/mol. The van der Waals surface area contributed by atoms with E-state index in [-0.39, 0.29) is 0 Å². The molecule has 0 spiro atoms. The second-order valence-electron chi connectivity index (χ2n) is 4.40. The molecule has 18 heavy (non-hydrogen) atoms. The first kappa shape index (κ1) is 11.9. The topological polar surface area (TPSA) is 38.2 Å². The Labute approximate surface area is 114 Å². The number of hydrogen-bond donors (Lipinski definition) is 0. The van der Waals surface area contributed by atoms with Gasteiger partial charge in [-0.05, 0) is 37.7 Å². The minimum Gasteiger partial charge on any atom is -0.462 e. The molecule has 0 amide bonds. The van der Waals surface area contributed by atoms with Crippen LogP contribution in [-0.2, 0) is 0 Å². The van der Waals surface area contributed by atoms with Crippen LogP contribution in [0.3, 0.4) is 0 Å². The summed E-state index contributed by atoms with van der Waals surface area (Å²) in [5.74, 6) is 0. The zero-order valence-electron chi connectivity index (χ0n) is 9.97. The van der Waals surface area contributed by atoms with E-state index in [1.54, 1.807) is 6.20 Å². The van der Waals surface area contributed by atoms with Crippen molar-refractivity contribution in [3.63, 3.8) is 0 Å². The molecule has 1 aromatic heterocycles. The minimum absolute atomic E-state index is 0.463. The Morgan fingerprint density at radius 1 is 1.33 bits per heavy atom. The SMILES string of the molecule is Brc1ccc2nc(OCCN3CCC3)ncc2c1. The summed E-state index contributed by atoms with van der Waals surface area (Å²) in [5, 5.41) is 1.01. The van der Waals surface area contributed by atoms with E-state index in [4.69, 9.17) is 4.74 Å². The second-order valence-corrected chi connectivity index (χ2v) is 5.32. The van der Waals surface area contributed by atoms with Gasteiger partial charge >= 0.3 is 6.01 Å². The van der Waals surface area contributed by atoms with E-state index < -0.39 is 0 Å². The third-order valence-electron chi connectivity index (χ3n) is 3.11. The molecule has 0 N–H and O–H groups in total. The third kappa shape index (κ3) is 2.62. The summed E-state index contributed by atoms with van der Waals surface area (Å²) in [7, 11) is 0. The fraction of sp³-hybridized carbons (Fsp3) is 0.385. The van der Waals surface area contributed by atoms with Crippen molar-refractivity contribution >= 4 is 26.8 Å². The molecule has 1 aromatic carbocycles. The van der Waals surface area contributed by atoms with Crippen molar-refractivity contribution in [2.24, 2.45) is 0 Å². The lowest BCUT2D eigenvalue weighted by Crippen LogP contribution is -2.39. The van der Waals surface area contributed by atoms with Gasteiger partial charge in [-0.15, -0.1) is 0 Å². The molecular weight excluding hydrogens is 294 g/mol. The summed E-state index contributed by atoms with van der Waals surface area (Å²) in [6.07, 6.45) is 3.10. The van der Waals surface area contributed by atoms with Gasteiger partial charge in [-0.25, -0.2) is 4.98 Å². The van der Waals surface area contributed by atoms with E-state index in [9.17, 15) is 0 Å². The van der Waals surface area contributed by atoms with Gasteiger partial charge in [-0.2, -0.15) is 4.98 Å². The molecule has 0 unspecified atom stereocenters. The quantitative estimate of drug-likeness (QED) is 0.870. The van der Waals surface area contributed by atoms with E-state index >= 15 is 0 Å². The number of halogens is 1. The molecule has 3 rings (SSSR count). The normalized spacial score (nSPS) is 15.6. The number of hydrogen-bond acceptors (Lipinski definition) is 4. The van der Waals surface area contributed by atoms with Gasteiger partial charge < -0.3 is 4.74 Å². The number of fused-ring (bicyclic) bond motifs is 1. The maximum atomic E-state index is 5.58. The molecule has 2 aromatic rings. The Bertz CT molecular complexity index is 557. The van der Waals surface area contributed by atoms with Crippen molar-refractivity contribution in [2.45, 2.75) is 6.42 Å². The molecule has 1 aliphatic rings. The van der Waals surface area contributed by atoms with Crippen LogP contribution in [0.15, 0.2) is 28.9 Å². The highest BCUT2D eigenvalue weighted by Crippen LogP contribution is 2.19.